The van der Waals surface area contributed by atoms with E-state index in [-0.39, 0.29) is 0 Å². The SMILES string of the molecule is O=C(CNS(=O)(=O)c1cccc(C(F)(F)F)c1)Nc1ccc(-n2cnc3ccccc32)cc1. The van der Waals surface area contributed by atoms with Crippen LogP contribution in [0.3, 0.4) is 0 Å². The molecule has 1 heterocycles. The molecule has 33 heavy (non-hydrogen) atoms. The van der Waals surface area contributed by atoms with Gasteiger partial charge in [-0.25, -0.2) is 18.1 Å². The molecule has 0 saturated heterocycles. The molecule has 0 aliphatic heterocycles. The summed E-state index contributed by atoms with van der Waals surface area (Å²) >= 11 is 0. The van der Waals surface area contributed by atoms with Crippen molar-refractivity contribution in [1.29, 1.82) is 0 Å². The lowest BCUT2D eigenvalue weighted by atomic mass is 10.2. The summed E-state index contributed by atoms with van der Waals surface area (Å²) < 4.78 is 66.9. The maximum absolute atomic E-state index is 12.8. The molecule has 7 nitrogen and oxygen atoms in total. The maximum atomic E-state index is 12.8. The Kier molecular flexibility index (Phi) is 5.91. The number of halogens is 3. The van der Waals surface area contributed by atoms with Crippen LogP contribution < -0.4 is 10.0 Å². The summed E-state index contributed by atoms with van der Waals surface area (Å²) in [5.74, 6) is -0.675. The highest BCUT2D eigenvalue weighted by Crippen LogP contribution is 2.30. The molecular weight excluding hydrogens is 457 g/mol. The van der Waals surface area contributed by atoms with E-state index in [0.29, 0.717) is 11.8 Å². The van der Waals surface area contributed by atoms with Crippen LogP contribution in [0.2, 0.25) is 0 Å². The number of benzene rings is 3. The average Bonchev–Trinajstić information content (AvgIpc) is 3.22. The molecule has 2 N–H and O–H groups in total. The largest absolute Gasteiger partial charge is 0.416 e. The lowest BCUT2D eigenvalue weighted by Crippen LogP contribution is -2.33. The summed E-state index contributed by atoms with van der Waals surface area (Å²) in [6, 6.07) is 17.7. The predicted molar refractivity (Wildman–Crippen MR) is 116 cm³/mol. The lowest BCUT2D eigenvalue weighted by molar-refractivity contribution is -0.137. The highest BCUT2D eigenvalue weighted by Gasteiger charge is 2.31. The van der Waals surface area contributed by atoms with Crippen molar-refractivity contribution in [1.82, 2.24) is 14.3 Å². The summed E-state index contributed by atoms with van der Waals surface area (Å²) in [5.41, 5.74) is 1.89. The van der Waals surface area contributed by atoms with Gasteiger partial charge in [0.15, 0.2) is 0 Å². The standard InChI is InChI=1S/C22H17F3N4O3S/c23-22(24,25)15-4-3-5-18(12-15)33(31,32)27-13-21(30)28-16-8-10-17(11-9-16)29-14-26-19-6-1-2-7-20(19)29/h1-12,14,27H,13H2,(H,28,30). The number of amides is 1. The Morgan fingerprint density at radius 1 is 0.970 bits per heavy atom. The van der Waals surface area contributed by atoms with Gasteiger partial charge in [-0.1, -0.05) is 18.2 Å². The lowest BCUT2D eigenvalue weighted by Gasteiger charge is -2.11. The van der Waals surface area contributed by atoms with E-state index in [4.69, 9.17) is 0 Å². The Morgan fingerprint density at radius 2 is 1.70 bits per heavy atom. The van der Waals surface area contributed by atoms with Gasteiger partial charge in [-0.05, 0) is 54.6 Å². The number of alkyl halides is 3. The van der Waals surface area contributed by atoms with E-state index in [2.05, 4.69) is 10.3 Å². The van der Waals surface area contributed by atoms with Gasteiger partial charge >= 0.3 is 6.18 Å². The zero-order chi connectivity index (χ0) is 23.6. The van der Waals surface area contributed by atoms with Gasteiger partial charge in [0.2, 0.25) is 15.9 Å². The Morgan fingerprint density at radius 3 is 2.42 bits per heavy atom. The monoisotopic (exact) mass is 474 g/mol. The van der Waals surface area contributed by atoms with Gasteiger partial charge in [0.05, 0.1) is 28.0 Å². The zero-order valence-corrected chi connectivity index (χ0v) is 17.7. The minimum Gasteiger partial charge on any atom is -0.325 e. The number of anilines is 1. The number of carbonyl (C=O) groups excluding carboxylic acids is 1. The summed E-state index contributed by atoms with van der Waals surface area (Å²) in [4.78, 5) is 15.9. The molecule has 0 fully saturated rings. The summed E-state index contributed by atoms with van der Waals surface area (Å²) in [6.07, 6.45) is -3.00. The Balaban J connectivity index is 1.40. The van der Waals surface area contributed by atoms with Gasteiger partial charge in [0.1, 0.15) is 6.33 Å². The first-order valence-electron chi connectivity index (χ1n) is 9.63. The van der Waals surface area contributed by atoms with E-state index in [1.165, 1.54) is 0 Å². The third-order valence-corrected chi connectivity index (χ3v) is 6.18. The number of nitrogens with zero attached hydrogens (tertiary/aromatic N) is 2. The van der Waals surface area contributed by atoms with Crippen molar-refractivity contribution < 1.29 is 26.4 Å². The van der Waals surface area contributed by atoms with Crippen LogP contribution >= 0.6 is 0 Å². The van der Waals surface area contributed by atoms with Crippen molar-refractivity contribution in [2.75, 3.05) is 11.9 Å². The predicted octanol–water partition coefficient (Wildman–Crippen LogP) is 3.96. The molecule has 4 aromatic rings. The fourth-order valence-electron chi connectivity index (χ4n) is 3.16. The van der Waals surface area contributed by atoms with Crippen LogP contribution in [-0.4, -0.2) is 30.4 Å². The topological polar surface area (TPSA) is 93.1 Å². The second kappa shape index (κ2) is 8.68. The first-order chi connectivity index (χ1) is 15.6. The molecule has 3 aromatic carbocycles. The second-order valence-electron chi connectivity index (χ2n) is 7.05. The van der Waals surface area contributed by atoms with E-state index in [0.717, 1.165) is 34.9 Å². The van der Waals surface area contributed by atoms with Crippen molar-refractivity contribution >= 4 is 32.7 Å². The number of para-hydroxylation sites is 2. The molecule has 0 saturated carbocycles. The quantitative estimate of drug-likeness (QED) is 0.443. The molecule has 0 aliphatic carbocycles. The van der Waals surface area contributed by atoms with E-state index in [1.807, 2.05) is 33.6 Å². The molecular formula is C22H17F3N4O3S. The zero-order valence-electron chi connectivity index (χ0n) is 16.9. The highest BCUT2D eigenvalue weighted by molar-refractivity contribution is 7.89. The number of hydrogen-bond donors (Lipinski definition) is 2. The van der Waals surface area contributed by atoms with E-state index >= 15 is 0 Å². The van der Waals surface area contributed by atoms with Crippen LogP contribution in [-0.2, 0) is 21.0 Å². The Hall–Kier alpha value is -3.70. The first kappa shape index (κ1) is 22.5. The third-order valence-electron chi connectivity index (χ3n) is 4.78. The molecule has 11 heteroatoms. The van der Waals surface area contributed by atoms with Crippen LogP contribution in [0.1, 0.15) is 5.56 Å². The van der Waals surface area contributed by atoms with Crippen LogP contribution in [0.4, 0.5) is 18.9 Å². The van der Waals surface area contributed by atoms with Gasteiger partial charge in [0.25, 0.3) is 0 Å². The normalized spacial score (nSPS) is 12.1. The molecule has 0 unspecified atom stereocenters. The molecule has 170 valence electrons. The Labute approximate surface area is 186 Å². The average molecular weight is 474 g/mol. The number of hydrogen-bond acceptors (Lipinski definition) is 4. The molecule has 1 aromatic heterocycles. The van der Waals surface area contributed by atoms with Gasteiger partial charge < -0.3 is 5.32 Å². The number of fused-ring (bicyclic) bond motifs is 1. The number of nitrogens with one attached hydrogen (secondary N) is 2. The second-order valence-corrected chi connectivity index (χ2v) is 8.82. The van der Waals surface area contributed by atoms with Gasteiger partial charge in [0, 0.05) is 11.4 Å². The maximum Gasteiger partial charge on any atom is 0.416 e. The summed E-state index contributed by atoms with van der Waals surface area (Å²) in [5, 5.41) is 2.54. The number of aromatic nitrogens is 2. The van der Waals surface area contributed by atoms with Crippen molar-refractivity contribution in [2.45, 2.75) is 11.1 Å². The van der Waals surface area contributed by atoms with Gasteiger partial charge in [-0.3, -0.25) is 9.36 Å². The van der Waals surface area contributed by atoms with Crippen LogP contribution in [0.5, 0.6) is 0 Å². The van der Waals surface area contributed by atoms with Crippen LogP contribution in [0, 0.1) is 0 Å². The van der Waals surface area contributed by atoms with E-state index in [1.54, 1.807) is 30.6 Å². The summed E-state index contributed by atoms with van der Waals surface area (Å²) in [6.45, 7) is -0.646. The number of carbonyl (C=O) groups is 1. The molecule has 1 amide bonds. The smallest absolute Gasteiger partial charge is 0.325 e. The van der Waals surface area contributed by atoms with E-state index < -0.39 is 39.1 Å². The van der Waals surface area contributed by atoms with Crippen molar-refractivity contribution in [3.63, 3.8) is 0 Å². The van der Waals surface area contributed by atoms with Crippen LogP contribution in [0.15, 0.2) is 84.0 Å². The molecule has 4 rings (SSSR count). The van der Waals surface area contributed by atoms with Crippen molar-refractivity contribution in [2.24, 2.45) is 0 Å². The number of imidazole rings is 1. The summed E-state index contributed by atoms with van der Waals surface area (Å²) in [7, 11) is -4.31. The fraction of sp³-hybridized carbons (Fsp3) is 0.0909. The van der Waals surface area contributed by atoms with Gasteiger partial charge in [-0.2, -0.15) is 13.2 Å². The van der Waals surface area contributed by atoms with Crippen molar-refractivity contribution in [3.05, 3.63) is 84.7 Å². The minimum atomic E-state index is -4.68. The molecule has 0 spiro atoms. The molecule has 0 radical (unpaired) electrons. The fourth-order valence-corrected chi connectivity index (χ4v) is 4.19. The van der Waals surface area contributed by atoms with Crippen LogP contribution in [0.25, 0.3) is 16.7 Å². The van der Waals surface area contributed by atoms with Crippen molar-refractivity contribution in [3.8, 4) is 5.69 Å². The third kappa shape index (κ3) is 5.04. The Bertz CT molecular complexity index is 1410. The number of sulfonamides is 1. The number of rotatable bonds is 6. The first-order valence-corrected chi connectivity index (χ1v) is 11.1. The van der Waals surface area contributed by atoms with E-state index in [9.17, 15) is 26.4 Å². The highest BCUT2D eigenvalue weighted by atomic mass is 32.2. The molecule has 0 aliphatic rings. The molecule has 0 atom stereocenters. The minimum absolute atomic E-state index is 0.423. The molecule has 0 bridgehead atoms. The van der Waals surface area contributed by atoms with Gasteiger partial charge in [-0.15, -0.1) is 0 Å².